The van der Waals surface area contributed by atoms with Gasteiger partial charge in [-0.15, -0.1) is 0 Å². The topological polar surface area (TPSA) is 93.4 Å². The van der Waals surface area contributed by atoms with Crippen molar-refractivity contribution in [2.75, 3.05) is 19.4 Å². The number of nitrogens with one attached hydrogen (secondary N) is 2. The minimum Gasteiger partial charge on any atom is -0.497 e. The molecule has 2 amide bonds. The predicted octanol–water partition coefficient (Wildman–Crippen LogP) is 0.286. The third-order valence-corrected chi connectivity index (χ3v) is 3.10. The van der Waals surface area contributed by atoms with Crippen molar-refractivity contribution in [2.45, 2.75) is 18.9 Å². The van der Waals surface area contributed by atoms with Crippen molar-refractivity contribution in [1.82, 2.24) is 10.6 Å². The summed E-state index contributed by atoms with van der Waals surface area (Å²) in [6.07, 6.45) is 1.49. The smallest absolute Gasteiger partial charge is 0.254 e. The van der Waals surface area contributed by atoms with E-state index in [-0.39, 0.29) is 11.8 Å². The van der Waals surface area contributed by atoms with Crippen LogP contribution in [-0.2, 0) is 4.79 Å². The molecular weight excluding hydrogens is 246 g/mol. The van der Waals surface area contributed by atoms with E-state index in [1.54, 1.807) is 18.2 Å². The number of nitrogen functional groups attached to an aromatic ring is 1. The van der Waals surface area contributed by atoms with Gasteiger partial charge in [-0.25, -0.2) is 0 Å². The second kappa shape index (κ2) is 5.60. The monoisotopic (exact) mass is 263 g/mol. The summed E-state index contributed by atoms with van der Waals surface area (Å²) < 4.78 is 5.06. The first-order chi connectivity index (χ1) is 9.11. The van der Waals surface area contributed by atoms with Crippen LogP contribution in [0.3, 0.4) is 0 Å². The van der Waals surface area contributed by atoms with Crippen LogP contribution in [0.25, 0.3) is 0 Å². The van der Waals surface area contributed by atoms with Crippen LogP contribution in [0.1, 0.15) is 23.2 Å². The minimum absolute atomic E-state index is 0.152. The Kier molecular flexibility index (Phi) is 3.89. The Bertz CT molecular complexity index is 502. The lowest BCUT2D eigenvalue weighted by atomic mass is 10.1. The fraction of sp³-hybridized carbons (Fsp3) is 0.385. The number of amides is 2. The number of benzene rings is 1. The van der Waals surface area contributed by atoms with E-state index in [2.05, 4.69) is 10.6 Å². The molecule has 1 unspecified atom stereocenters. The molecule has 6 nitrogen and oxygen atoms in total. The molecule has 0 aliphatic carbocycles. The molecule has 102 valence electrons. The highest BCUT2D eigenvalue weighted by atomic mass is 16.5. The lowest BCUT2D eigenvalue weighted by Gasteiger charge is -2.23. The predicted molar refractivity (Wildman–Crippen MR) is 70.9 cm³/mol. The zero-order valence-electron chi connectivity index (χ0n) is 10.7. The fourth-order valence-electron chi connectivity index (χ4n) is 2.00. The second-order valence-corrected chi connectivity index (χ2v) is 4.41. The molecule has 1 fully saturated rings. The summed E-state index contributed by atoms with van der Waals surface area (Å²) in [5.74, 6) is 0.0342. The molecule has 1 aliphatic heterocycles. The average molecular weight is 263 g/mol. The number of piperidine rings is 1. The van der Waals surface area contributed by atoms with Gasteiger partial charge in [0.15, 0.2) is 0 Å². The molecule has 1 aromatic rings. The van der Waals surface area contributed by atoms with Gasteiger partial charge in [0, 0.05) is 12.2 Å². The van der Waals surface area contributed by atoms with E-state index >= 15 is 0 Å². The van der Waals surface area contributed by atoms with Gasteiger partial charge in [-0.3, -0.25) is 9.59 Å². The summed E-state index contributed by atoms with van der Waals surface area (Å²) in [4.78, 5) is 23.7. The van der Waals surface area contributed by atoms with Gasteiger partial charge in [-0.1, -0.05) is 0 Å². The Morgan fingerprint density at radius 1 is 1.53 bits per heavy atom. The number of rotatable bonds is 3. The molecule has 2 rings (SSSR count). The number of carbonyl (C=O) groups is 2. The SMILES string of the molecule is COc1ccc(N)c(C(=O)NC2CCCNC2=O)c1. The molecule has 1 heterocycles. The summed E-state index contributed by atoms with van der Waals surface area (Å²) in [5, 5.41) is 5.41. The summed E-state index contributed by atoms with van der Waals surface area (Å²) >= 11 is 0. The van der Waals surface area contributed by atoms with Crippen LogP contribution in [0.5, 0.6) is 5.75 Å². The van der Waals surface area contributed by atoms with Crippen molar-refractivity contribution in [1.29, 1.82) is 0 Å². The standard InChI is InChI=1S/C13H17N3O3/c1-19-8-4-5-10(14)9(7-8)12(17)16-11-3-2-6-15-13(11)18/h4-5,7,11H,2-3,6,14H2,1H3,(H,15,18)(H,16,17). The van der Waals surface area contributed by atoms with Crippen LogP contribution in [0.2, 0.25) is 0 Å². The maximum absolute atomic E-state index is 12.1. The van der Waals surface area contributed by atoms with Gasteiger partial charge < -0.3 is 21.1 Å². The van der Waals surface area contributed by atoms with Gasteiger partial charge in [0.25, 0.3) is 5.91 Å². The number of hydrogen-bond acceptors (Lipinski definition) is 4. The van der Waals surface area contributed by atoms with E-state index in [9.17, 15) is 9.59 Å². The van der Waals surface area contributed by atoms with Gasteiger partial charge in [-0.2, -0.15) is 0 Å². The molecule has 1 saturated heterocycles. The van der Waals surface area contributed by atoms with Gasteiger partial charge in [0.2, 0.25) is 5.91 Å². The van der Waals surface area contributed by atoms with E-state index in [0.717, 1.165) is 6.42 Å². The fourth-order valence-corrected chi connectivity index (χ4v) is 2.00. The quantitative estimate of drug-likeness (QED) is 0.683. The lowest BCUT2D eigenvalue weighted by molar-refractivity contribution is -0.124. The number of carbonyl (C=O) groups excluding carboxylic acids is 2. The summed E-state index contributed by atoms with van der Waals surface area (Å²) in [6.45, 7) is 0.659. The first-order valence-corrected chi connectivity index (χ1v) is 6.14. The Labute approximate surface area is 111 Å². The molecule has 0 spiro atoms. The molecule has 0 radical (unpaired) electrons. The van der Waals surface area contributed by atoms with Crippen LogP contribution in [-0.4, -0.2) is 31.5 Å². The van der Waals surface area contributed by atoms with Crippen molar-refractivity contribution in [3.8, 4) is 5.75 Å². The summed E-state index contributed by atoms with van der Waals surface area (Å²) in [5.41, 5.74) is 6.44. The number of methoxy groups -OCH3 is 1. The van der Waals surface area contributed by atoms with Crippen LogP contribution < -0.4 is 21.1 Å². The van der Waals surface area contributed by atoms with Crippen molar-refractivity contribution >= 4 is 17.5 Å². The van der Waals surface area contributed by atoms with E-state index in [1.807, 2.05) is 0 Å². The minimum atomic E-state index is -0.494. The Hall–Kier alpha value is -2.24. The van der Waals surface area contributed by atoms with Crippen LogP contribution in [0.4, 0.5) is 5.69 Å². The normalized spacial score (nSPS) is 18.6. The third-order valence-electron chi connectivity index (χ3n) is 3.10. The summed E-state index contributed by atoms with van der Waals surface area (Å²) in [7, 11) is 1.52. The molecule has 0 saturated carbocycles. The van der Waals surface area contributed by atoms with Crippen LogP contribution in [0.15, 0.2) is 18.2 Å². The highest BCUT2D eigenvalue weighted by Gasteiger charge is 2.24. The van der Waals surface area contributed by atoms with Crippen molar-refractivity contribution in [2.24, 2.45) is 0 Å². The van der Waals surface area contributed by atoms with Crippen LogP contribution in [0, 0.1) is 0 Å². The molecule has 0 aromatic heterocycles. The van der Waals surface area contributed by atoms with Crippen LogP contribution >= 0.6 is 0 Å². The molecule has 1 atom stereocenters. The third kappa shape index (κ3) is 2.96. The first kappa shape index (κ1) is 13.2. The molecule has 1 aliphatic rings. The number of hydrogen-bond donors (Lipinski definition) is 3. The molecular formula is C13H17N3O3. The number of nitrogens with two attached hydrogens (primary N) is 1. The Morgan fingerprint density at radius 3 is 3.00 bits per heavy atom. The van der Waals surface area contributed by atoms with Gasteiger partial charge in [-0.05, 0) is 31.0 Å². The molecule has 19 heavy (non-hydrogen) atoms. The van der Waals surface area contributed by atoms with Gasteiger partial charge in [0.1, 0.15) is 11.8 Å². The largest absolute Gasteiger partial charge is 0.497 e. The van der Waals surface area contributed by atoms with Crippen molar-refractivity contribution < 1.29 is 14.3 Å². The Balaban J connectivity index is 2.13. The molecule has 4 N–H and O–H groups in total. The highest BCUT2D eigenvalue weighted by Crippen LogP contribution is 2.19. The Morgan fingerprint density at radius 2 is 2.32 bits per heavy atom. The zero-order chi connectivity index (χ0) is 13.8. The van der Waals surface area contributed by atoms with E-state index in [4.69, 9.17) is 10.5 Å². The second-order valence-electron chi connectivity index (χ2n) is 4.41. The first-order valence-electron chi connectivity index (χ1n) is 6.14. The maximum Gasteiger partial charge on any atom is 0.254 e. The number of ether oxygens (including phenoxy) is 1. The van der Waals surface area contributed by atoms with Gasteiger partial charge >= 0.3 is 0 Å². The average Bonchev–Trinajstić information content (AvgIpc) is 2.42. The van der Waals surface area contributed by atoms with Gasteiger partial charge in [0.05, 0.1) is 12.7 Å². The summed E-state index contributed by atoms with van der Waals surface area (Å²) in [6, 6.07) is 4.35. The lowest BCUT2D eigenvalue weighted by Crippen LogP contribution is -2.50. The molecule has 0 bridgehead atoms. The highest BCUT2D eigenvalue weighted by molar-refractivity contribution is 6.01. The van der Waals surface area contributed by atoms with E-state index in [1.165, 1.54) is 7.11 Å². The molecule has 6 heteroatoms. The van der Waals surface area contributed by atoms with E-state index in [0.29, 0.717) is 30.0 Å². The van der Waals surface area contributed by atoms with Crippen molar-refractivity contribution in [3.63, 3.8) is 0 Å². The van der Waals surface area contributed by atoms with Crippen molar-refractivity contribution in [3.05, 3.63) is 23.8 Å². The number of anilines is 1. The zero-order valence-corrected chi connectivity index (χ0v) is 10.7. The van der Waals surface area contributed by atoms with E-state index < -0.39 is 6.04 Å². The molecule has 1 aromatic carbocycles. The maximum atomic E-state index is 12.1.